The number of benzene rings is 1. The summed E-state index contributed by atoms with van der Waals surface area (Å²) in [6.07, 6.45) is 0. The molecule has 0 aliphatic rings. The van der Waals surface area contributed by atoms with Crippen LogP contribution in [-0.2, 0) is 11.3 Å². The Hall–Kier alpha value is -2.08. The summed E-state index contributed by atoms with van der Waals surface area (Å²) in [6.45, 7) is 6.22. The van der Waals surface area contributed by atoms with Gasteiger partial charge in [0.15, 0.2) is 5.58 Å². The van der Waals surface area contributed by atoms with Crippen LogP contribution in [0.4, 0.5) is 5.69 Å². The molecule has 0 atom stereocenters. The molecule has 0 radical (unpaired) electrons. The van der Waals surface area contributed by atoms with Crippen molar-refractivity contribution in [3.63, 3.8) is 0 Å². The summed E-state index contributed by atoms with van der Waals surface area (Å²) in [6, 6.07) is 5.46. The van der Waals surface area contributed by atoms with Crippen LogP contribution in [0.1, 0.15) is 19.7 Å². The monoisotopic (exact) mass is 290 g/mol. The van der Waals surface area contributed by atoms with Gasteiger partial charge in [-0.2, -0.15) is 0 Å². The molecule has 2 N–H and O–H groups in total. The van der Waals surface area contributed by atoms with E-state index in [0.717, 1.165) is 13.1 Å². The number of amides is 1. The molecule has 1 amide bonds. The van der Waals surface area contributed by atoms with E-state index in [-0.39, 0.29) is 5.91 Å². The number of nitrogens with two attached hydrogens (primary N) is 1. The first-order valence-corrected chi connectivity index (χ1v) is 7.15. The number of hydrogen-bond acceptors (Lipinski definition) is 5. The maximum Gasteiger partial charge on any atom is 0.236 e. The zero-order chi connectivity index (χ0) is 15.4. The third kappa shape index (κ3) is 3.52. The van der Waals surface area contributed by atoms with Crippen molar-refractivity contribution in [2.24, 2.45) is 0 Å². The number of nitrogen functional groups attached to an aromatic ring is 1. The number of carbonyl (C=O) groups is 1. The van der Waals surface area contributed by atoms with Gasteiger partial charge in [-0.15, -0.1) is 0 Å². The highest BCUT2D eigenvalue weighted by molar-refractivity contribution is 5.85. The minimum absolute atomic E-state index is 0.109. The van der Waals surface area contributed by atoms with E-state index in [0.29, 0.717) is 35.8 Å². The summed E-state index contributed by atoms with van der Waals surface area (Å²) in [4.78, 5) is 20.1. The van der Waals surface area contributed by atoms with Crippen LogP contribution in [0.3, 0.4) is 0 Å². The Morgan fingerprint density at radius 3 is 2.67 bits per heavy atom. The number of anilines is 1. The van der Waals surface area contributed by atoms with Crippen molar-refractivity contribution in [2.75, 3.05) is 32.4 Å². The third-order valence-electron chi connectivity index (χ3n) is 3.42. The molecule has 0 saturated carbocycles. The van der Waals surface area contributed by atoms with Gasteiger partial charge in [0, 0.05) is 13.1 Å². The molecule has 0 fully saturated rings. The molecule has 0 aliphatic carbocycles. The lowest BCUT2D eigenvalue weighted by Crippen LogP contribution is -2.38. The lowest BCUT2D eigenvalue weighted by Gasteiger charge is -2.22. The van der Waals surface area contributed by atoms with Crippen molar-refractivity contribution >= 4 is 22.7 Å². The van der Waals surface area contributed by atoms with Crippen molar-refractivity contribution in [1.29, 1.82) is 0 Å². The molecule has 21 heavy (non-hydrogen) atoms. The second-order valence-electron chi connectivity index (χ2n) is 5.04. The molecule has 1 aromatic heterocycles. The number of carbonyl (C=O) groups excluding carboxylic acids is 1. The first kappa shape index (κ1) is 15.3. The Morgan fingerprint density at radius 2 is 2.05 bits per heavy atom. The molecule has 6 heteroatoms. The van der Waals surface area contributed by atoms with Crippen LogP contribution in [-0.4, -0.2) is 47.4 Å². The van der Waals surface area contributed by atoms with E-state index in [9.17, 15) is 4.79 Å². The van der Waals surface area contributed by atoms with E-state index in [1.165, 1.54) is 0 Å². The van der Waals surface area contributed by atoms with Gasteiger partial charge in [0.1, 0.15) is 5.52 Å². The van der Waals surface area contributed by atoms with E-state index >= 15 is 0 Å². The zero-order valence-electron chi connectivity index (χ0n) is 12.8. The van der Waals surface area contributed by atoms with Gasteiger partial charge in [0.25, 0.3) is 0 Å². The van der Waals surface area contributed by atoms with Crippen LogP contribution in [0.15, 0.2) is 22.6 Å². The first-order valence-electron chi connectivity index (χ1n) is 7.15. The molecule has 0 aliphatic heterocycles. The van der Waals surface area contributed by atoms with Gasteiger partial charge in [-0.3, -0.25) is 9.69 Å². The summed E-state index contributed by atoms with van der Waals surface area (Å²) >= 11 is 0. The van der Waals surface area contributed by atoms with Crippen LogP contribution in [0, 0.1) is 0 Å². The fourth-order valence-corrected chi connectivity index (χ4v) is 2.28. The molecule has 0 unspecified atom stereocenters. The molecule has 0 spiro atoms. The zero-order valence-corrected chi connectivity index (χ0v) is 12.8. The van der Waals surface area contributed by atoms with E-state index in [2.05, 4.69) is 4.98 Å². The molecule has 1 aromatic carbocycles. The number of aromatic nitrogens is 1. The van der Waals surface area contributed by atoms with Crippen LogP contribution < -0.4 is 5.73 Å². The molecular formula is C15H22N4O2. The Kier molecular flexibility index (Phi) is 4.80. The smallest absolute Gasteiger partial charge is 0.236 e. The summed E-state index contributed by atoms with van der Waals surface area (Å²) in [7, 11) is 1.87. The lowest BCUT2D eigenvalue weighted by atomic mass is 10.3. The molecule has 0 bridgehead atoms. The average molecular weight is 290 g/mol. The predicted octanol–water partition coefficient (Wildman–Crippen LogP) is 1.71. The molecule has 2 aromatic rings. The highest BCUT2D eigenvalue weighted by Crippen LogP contribution is 2.21. The van der Waals surface area contributed by atoms with E-state index in [4.69, 9.17) is 10.2 Å². The lowest BCUT2D eigenvalue weighted by molar-refractivity contribution is -0.131. The molecule has 6 nitrogen and oxygen atoms in total. The number of nitrogens with zero attached hydrogens (tertiary/aromatic N) is 3. The minimum atomic E-state index is 0.109. The van der Waals surface area contributed by atoms with Crippen LogP contribution in [0.25, 0.3) is 11.1 Å². The highest BCUT2D eigenvalue weighted by atomic mass is 16.3. The Morgan fingerprint density at radius 1 is 1.33 bits per heavy atom. The van der Waals surface area contributed by atoms with Crippen molar-refractivity contribution in [3.8, 4) is 0 Å². The van der Waals surface area contributed by atoms with E-state index in [1.54, 1.807) is 11.0 Å². The molecule has 114 valence electrons. The topological polar surface area (TPSA) is 75.6 Å². The normalized spacial score (nSPS) is 11.2. The summed E-state index contributed by atoms with van der Waals surface area (Å²) in [5.41, 5.74) is 7.81. The van der Waals surface area contributed by atoms with Crippen molar-refractivity contribution in [1.82, 2.24) is 14.8 Å². The fraction of sp³-hybridized carbons (Fsp3) is 0.467. The highest BCUT2D eigenvalue weighted by Gasteiger charge is 2.15. The number of para-hydroxylation sites is 1. The van der Waals surface area contributed by atoms with Gasteiger partial charge < -0.3 is 15.1 Å². The number of oxazole rings is 1. The van der Waals surface area contributed by atoms with Gasteiger partial charge in [0.2, 0.25) is 11.8 Å². The molecule has 2 rings (SSSR count). The van der Waals surface area contributed by atoms with Crippen molar-refractivity contribution < 1.29 is 9.21 Å². The molecule has 1 heterocycles. The average Bonchev–Trinajstić information content (AvgIpc) is 2.83. The quantitative estimate of drug-likeness (QED) is 0.820. The van der Waals surface area contributed by atoms with Crippen LogP contribution >= 0.6 is 0 Å². The maximum absolute atomic E-state index is 12.0. The number of fused-ring (bicyclic) bond motifs is 1. The van der Waals surface area contributed by atoms with Crippen LogP contribution in [0.5, 0.6) is 0 Å². The number of rotatable bonds is 6. The Labute approximate surface area is 124 Å². The van der Waals surface area contributed by atoms with Gasteiger partial charge in [-0.25, -0.2) is 4.98 Å². The number of hydrogen-bond donors (Lipinski definition) is 1. The summed E-state index contributed by atoms with van der Waals surface area (Å²) in [5, 5.41) is 0. The fourth-order valence-electron chi connectivity index (χ4n) is 2.28. The van der Waals surface area contributed by atoms with Gasteiger partial charge in [-0.05, 0) is 33.0 Å². The van der Waals surface area contributed by atoms with E-state index < -0.39 is 0 Å². The molecular weight excluding hydrogens is 268 g/mol. The first-order chi connectivity index (χ1) is 10.0. The van der Waals surface area contributed by atoms with Gasteiger partial charge >= 0.3 is 0 Å². The van der Waals surface area contributed by atoms with Crippen molar-refractivity contribution in [3.05, 3.63) is 24.1 Å². The second-order valence-corrected chi connectivity index (χ2v) is 5.04. The maximum atomic E-state index is 12.0. The minimum Gasteiger partial charge on any atom is -0.439 e. The van der Waals surface area contributed by atoms with E-state index in [1.807, 2.05) is 37.9 Å². The second kappa shape index (κ2) is 6.58. The van der Waals surface area contributed by atoms with Gasteiger partial charge in [0.05, 0.1) is 18.8 Å². The largest absolute Gasteiger partial charge is 0.439 e. The third-order valence-corrected chi connectivity index (χ3v) is 3.42. The standard InChI is InChI=1S/C15H22N4O2/c1-4-19(5-2)14(20)10-18(3)9-13-17-15-11(16)7-6-8-12(15)21-13/h6-8H,4-5,9-10,16H2,1-3H3. The van der Waals surface area contributed by atoms with Crippen LogP contribution in [0.2, 0.25) is 0 Å². The summed E-state index contributed by atoms with van der Waals surface area (Å²) < 4.78 is 5.66. The number of likely N-dealkylation sites (N-methyl/N-ethyl adjacent to an activating group) is 2. The SMILES string of the molecule is CCN(CC)C(=O)CN(C)Cc1nc2c(N)cccc2o1. The predicted molar refractivity (Wildman–Crippen MR) is 82.7 cm³/mol. The Bertz CT molecular complexity index is 619. The van der Waals surface area contributed by atoms with Crippen molar-refractivity contribution in [2.45, 2.75) is 20.4 Å². The summed E-state index contributed by atoms with van der Waals surface area (Å²) in [5.74, 6) is 0.677. The Balaban J connectivity index is 2.03. The molecule has 0 saturated heterocycles. The van der Waals surface area contributed by atoms with Gasteiger partial charge in [-0.1, -0.05) is 6.07 Å².